The van der Waals surface area contributed by atoms with Crippen LogP contribution in [0.4, 0.5) is 0 Å². The fraction of sp³-hybridized carbons (Fsp3) is 0.667. The standard InChI is InChI=1S/C12H18N4O3/c17-11(7-16-9-13-8-14-16)15-5-1-2-10(6-15)3-4-12(18)19/h8-10H,1-7H2,(H,18,19). The Kier molecular flexibility index (Phi) is 4.48. The highest BCUT2D eigenvalue weighted by Crippen LogP contribution is 2.21. The Morgan fingerprint density at radius 2 is 2.26 bits per heavy atom. The first kappa shape index (κ1) is 13.5. The van der Waals surface area contributed by atoms with Crippen LogP contribution in [0.2, 0.25) is 0 Å². The monoisotopic (exact) mass is 266 g/mol. The molecule has 19 heavy (non-hydrogen) atoms. The van der Waals surface area contributed by atoms with Crippen molar-refractivity contribution in [3.05, 3.63) is 12.7 Å². The summed E-state index contributed by atoms with van der Waals surface area (Å²) in [6.07, 6.45) is 5.68. The molecule has 1 aliphatic heterocycles. The number of likely N-dealkylation sites (tertiary alicyclic amines) is 1. The number of aromatic nitrogens is 3. The lowest BCUT2D eigenvalue weighted by atomic mass is 9.93. The number of nitrogens with zero attached hydrogens (tertiary/aromatic N) is 4. The molecular formula is C12H18N4O3. The molecule has 1 aromatic heterocycles. The van der Waals surface area contributed by atoms with Gasteiger partial charge in [0, 0.05) is 19.5 Å². The fourth-order valence-electron chi connectivity index (χ4n) is 2.41. The quantitative estimate of drug-likeness (QED) is 0.832. The second kappa shape index (κ2) is 6.31. The van der Waals surface area contributed by atoms with Gasteiger partial charge in [0.25, 0.3) is 0 Å². The van der Waals surface area contributed by atoms with Gasteiger partial charge in [-0.1, -0.05) is 0 Å². The van der Waals surface area contributed by atoms with Crippen molar-refractivity contribution in [3.63, 3.8) is 0 Å². The van der Waals surface area contributed by atoms with Crippen LogP contribution in [-0.2, 0) is 16.1 Å². The Balaban J connectivity index is 1.82. The van der Waals surface area contributed by atoms with E-state index in [1.54, 1.807) is 4.90 Å². The van der Waals surface area contributed by atoms with Crippen molar-refractivity contribution in [2.45, 2.75) is 32.2 Å². The van der Waals surface area contributed by atoms with E-state index in [4.69, 9.17) is 5.11 Å². The van der Waals surface area contributed by atoms with Crippen LogP contribution in [0.5, 0.6) is 0 Å². The maximum absolute atomic E-state index is 12.1. The number of hydrogen-bond donors (Lipinski definition) is 1. The molecule has 2 rings (SSSR count). The highest BCUT2D eigenvalue weighted by atomic mass is 16.4. The molecular weight excluding hydrogens is 248 g/mol. The summed E-state index contributed by atoms with van der Waals surface area (Å²) in [7, 11) is 0. The van der Waals surface area contributed by atoms with Gasteiger partial charge in [-0.2, -0.15) is 5.10 Å². The summed E-state index contributed by atoms with van der Waals surface area (Å²) in [6, 6.07) is 0. The van der Waals surface area contributed by atoms with E-state index >= 15 is 0 Å². The summed E-state index contributed by atoms with van der Waals surface area (Å²) >= 11 is 0. The summed E-state index contributed by atoms with van der Waals surface area (Å²) in [6.45, 7) is 1.60. The fourth-order valence-corrected chi connectivity index (χ4v) is 2.41. The van der Waals surface area contributed by atoms with E-state index in [-0.39, 0.29) is 18.9 Å². The number of carboxylic acid groups (broad SMARTS) is 1. The third-order valence-electron chi connectivity index (χ3n) is 3.40. The van der Waals surface area contributed by atoms with Gasteiger partial charge >= 0.3 is 5.97 Å². The molecule has 1 atom stereocenters. The Hall–Kier alpha value is -1.92. The van der Waals surface area contributed by atoms with Crippen molar-refractivity contribution < 1.29 is 14.7 Å². The van der Waals surface area contributed by atoms with Crippen molar-refractivity contribution in [3.8, 4) is 0 Å². The summed E-state index contributed by atoms with van der Waals surface area (Å²) in [4.78, 5) is 28.2. The molecule has 1 fully saturated rings. The van der Waals surface area contributed by atoms with Crippen LogP contribution in [0.3, 0.4) is 0 Å². The molecule has 0 spiro atoms. The number of piperidine rings is 1. The zero-order valence-corrected chi connectivity index (χ0v) is 10.7. The van der Waals surface area contributed by atoms with Crippen LogP contribution in [0, 0.1) is 5.92 Å². The zero-order chi connectivity index (χ0) is 13.7. The minimum atomic E-state index is -0.772. The Morgan fingerprint density at radius 1 is 1.42 bits per heavy atom. The molecule has 104 valence electrons. The molecule has 1 aromatic rings. The van der Waals surface area contributed by atoms with E-state index in [1.165, 1.54) is 17.3 Å². The van der Waals surface area contributed by atoms with E-state index in [0.29, 0.717) is 18.9 Å². The average Bonchev–Trinajstić information content (AvgIpc) is 2.89. The first-order valence-electron chi connectivity index (χ1n) is 6.47. The summed E-state index contributed by atoms with van der Waals surface area (Å²) in [5.74, 6) is -0.457. The molecule has 1 N–H and O–H groups in total. The Labute approximate surface area is 111 Å². The third-order valence-corrected chi connectivity index (χ3v) is 3.40. The maximum Gasteiger partial charge on any atom is 0.303 e. The first-order valence-corrected chi connectivity index (χ1v) is 6.47. The molecule has 1 aliphatic rings. The molecule has 0 aromatic carbocycles. The number of carboxylic acids is 1. The van der Waals surface area contributed by atoms with Crippen molar-refractivity contribution in [2.24, 2.45) is 5.92 Å². The molecule has 1 unspecified atom stereocenters. The highest BCUT2D eigenvalue weighted by Gasteiger charge is 2.24. The Morgan fingerprint density at radius 3 is 2.95 bits per heavy atom. The van der Waals surface area contributed by atoms with Crippen molar-refractivity contribution >= 4 is 11.9 Å². The molecule has 7 nitrogen and oxygen atoms in total. The summed E-state index contributed by atoms with van der Waals surface area (Å²) in [5, 5.41) is 12.6. The van der Waals surface area contributed by atoms with Gasteiger partial charge in [-0.15, -0.1) is 0 Å². The van der Waals surface area contributed by atoms with Crippen LogP contribution in [0.25, 0.3) is 0 Å². The van der Waals surface area contributed by atoms with E-state index in [0.717, 1.165) is 19.4 Å². The lowest BCUT2D eigenvalue weighted by Crippen LogP contribution is -2.41. The number of aliphatic carboxylic acids is 1. The largest absolute Gasteiger partial charge is 0.481 e. The average molecular weight is 266 g/mol. The number of carbonyl (C=O) groups excluding carboxylic acids is 1. The van der Waals surface area contributed by atoms with Gasteiger partial charge in [0.1, 0.15) is 19.2 Å². The second-order valence-corrected chi connectivity index (χ2v) is 4.87. The van der Waals surface area contributed by atoms with Gasteiger partial charge in [0.15, 0.2) is 0 Å². The molecule has 0 aliphatic carbocycles. The Bertz CT molecular complexity index is 432. The molecule has 0 saturated carbocycles. The van der Waals surface area contributed by atoms with E-state index in [9.17, 15) is 9.59 Å². The van der Waals surface area contributed by atoms with Crippen molar-refractivity contribution in [1.29, 1.82) is 0 Å². The minimum absolute atomic E-state index is 0.0190. The van der Waals surface area contributed by atoms with Gasteiger partial charge in [-0.05, 0) is 25.2 Å². The highest BCUT2D eigenvalue weighted by molar-refractivity contribution is 5.76. The third kappa shape index (κ3) is 4.04. The van der Waals surface area contributed by atoms with Crippen LogP contribution in [0.1, 0.15) is 25.7 Å². The predicted molar refractivity (Wildman–Crippen MR) is 66.2 cm³/mol. The lowest BCUT2D eigenvalue weighted by Gasteiger charge is -2.32. The molecule has 7 heteroatoms. The molecule has 1 saturated heterocycles. The van der Waals surface area contributed by atoms with Crippen LogP contribution in [0.15, 0.2) is 12.7 Å². The van der Waals surface area contributed by atoms with Gasteiger partial charge in [-0.25, -0.2) is 9.67 Å². The maximum atomic E-state index is 12.1. The number of rotatable bonds is 5. The van der Waals surface area contributed by atoms with Gasteiger partial charge in [0.2, 0.25) is 5.91 Å². The minimum Gasteiger partial charge on any atom is -0.481 e. The molecule has 0 bridgehead atoms. The SMILES string of the molecule is O=C(O)CCC1CCCN(C(=O)Cn2cncn2)C1. The lowest BCUT2D eigenvalue weighted by molar-refractivity contribution is -0.137. The smallest absolute Gasteiger partial charge is 0.303 e. The second-order valence-electron chi connectivity index (χ2n) is 4.87. The normalized spacial score (nSPS) is 19.4. The summed E-state index contributed by atoms with van der Waals surface area (Å²) in [5.41, 5.74) is 0. The van der Waals surface area contributed by atoms with Crippen molar-refractivity contribution in [1.82, 2.24) is 19.7 Å². The van der Waals surface area contributed by atoms with Crippen molar-refractivity contribution in [2.75, 3.05) is 13.1 Å². The van der Waals surface area contributed by atoms with E-state index in [2.05, 4.69) is 10.1 Å². The topological polar surface area (TPSA) is 88.3 Å². The van der Waals surface area contributed by atoms with Crippen LogP contribution >= 0.6 is 0 Å². The van der Waals surface area contributed by atoms with Gasteiger partial charge in [-0.3, -0.25) is 9.59 Å². The predicted octanol–water partition coefficient (Wildman–Crippen LogP) is 0.381. The number of amides is 1. The van der Waals surface area contributed by atoms with Gasteiger partial charge in [0.05, 0.1) is 0 Å². The number of carbonyl (C=O) groups is 2. The van der Waals surface area contributed by atoms with E-state index < -0.39 is 5.97 Å². The molecule has 0 radical (unpaired) electrons. The summed E-state index contributed by atoms with van der Waals surface area (Å²) < 4.78 is 1.50. The number of hydrogen-bond acceptors (Lipinski definition) is 4. The van der Waals surface area contributed by atoms with Crippen LogP contribution < -0.4 is 0 Å². The first-order chi connectivity index (χ1) is 9.15. The molecule has 2 heterocycles. The molecule has 1 amide bonds. The van der Waals surface area contributed by atoms with Gasteiger partial charge < -0.3 is 10.0 Å². The zero-order valence-electron chi connectivity index (χ0n) is 10.7. The van der Waals surface area contributed by atoms with Crippen LogP contribution in [-0.4, -0.2) is 49.7 Å². The van der Waals surface area contributed by atoms with E-state index in [1.807, 2.05) is 0 Å².